The summed E-state index contributed by atoms with van der Waals surface area (Å²) >= 11 is 0. The van der Waals surface area contributed by atoms with Crippen LogP contribution in [0, 0.1) is 0 Å². The molecule has 0 fully saturated rings. The normalized spacial score (nSPS) is 14.7. The summed E-state index contributed by atoms with van der Waals surface area (Å²) in [5, 5.41) is 10.9. The smallest absolute Gasteiger partial charge is 0.251 e. The second-order valence-corrected chi connectivity index (χ2v) is 6.58. The van der Waals surface area contributed by atoms with Crippen molar-refractivity contribution in [3.8, 4) is 0 Å². The van der Waals surface area contributed by atoms with Crippen molar-refractivity contribution in [2.75, 3.05) is 18.8 Å². The molecule has 1 amide bonds. The molecular weight excluding hydrogens is 278 g/mol. The number of carbonyl (C=O) groups excluding carboxylic acids is 1. The molecule has 0 aromatic heterocycles. The quantitative estimate of drug-likeness (QED) is 0.652. The average molecular weight is 297 g/mol. The number of nitrogens with two attached hydrogens (primary N) is 1. The molecular formula is C13H19N3O3S. The maximum atomic E-state index is 12.1. The molecule has 1 aromatic carbocycles. The van der Waals surface area contributed by atoms with Gasteiger partial charge < -0.3 is 10.6 Å². The topological polar surface area (TPSA) is 101 Å². The Bertz CT molecular complexity index is 599. The van der Waals surface area contributed by atoms with Crippen molar-refractivity contribution in [3.63, 3.8) is 0 Å². The molecule has 1 aliphatic rings. The van der Waals surface area contributed by atoms with Gasteiger partial charge in [-0.1, -0.05) is 12.1 Å². The summed E-state index contributed by atoms with van der Waals surface area (Å²) in [5.74, 6) is -0.275. The first-order valence-corrected chi connectivity index (χ1v) is 8.29. The number of primary sulfonamides is 1. The second-order valence-electron chi connectivity index (χ2n) is 4.85. The average Bonchev–Trinajstić information content (AvgIpc) is 2.41. The fourth-order valence-corrected chi connectivity index (χ4v) is 2.86. The first-order chi connectivity index (χ1) is 9.47. The number of nitrogens with one attached hydrogen (secondary N) is 2. The molecule has 0 saturated carbocycles. The molecule has 2 rings (SSSR count). The maximum absolute atomic E-state index is 12.1. The van der Waals surface area contributed by atoms with Gasteiger partial charge in [-0.3, -0.25) is 4.79 Å². The van der Waals surface area contributed by atoms with E-state index >= 15 is 0 Å². The SMILES string of the molecule is NS(=O)(=O)CCCNC(=O)c1cccc2c1CCNC2. The van der Waals surface area contributed by atoms with Gasteiger partial charge in [-0.15, -0.1) is 0 Å². The second kappa shape index (κ2) is 6.34. The molecule has 110 valence electrons. The molecule has 0 aliphatic carbocycles. The first kappa shape index (κ1) is 15.0. The molecule has 0 bridgehead atoms. The summed E-state index contributed by atoms with van der Waals surface area (Å²) in [4.78, 5) is 12.1. The van der Waals surface area contributed by atoms with Crippen molar-refractivity contribution in [3.05, 3.63) is 34.9 Å². The van der Waals surface area contributed by atoms with Crippen molar-refractivity contribution in [2.24, 2.45) is 5.14 Å². The van der Waals surface area contributed by atoms with E-state index < -0.39 is 10.0 Å². The monoisotopic (exact) mass is 297 g/mol. The summed E-state index contributed by atoms with van der Waals surface area (Å²) in [6.45, 7) is 1.95. The molecule has 20 heavy (non-hydrogen) atoms. The molecule has 6 nitrogen and oxygen atoms in total. The lowest BCUT2D eigenvalue weighted by atomic mass is 9.95. The Morgan fingerprint density at radius 3 is 2.95 bits per heavy atom. The summed E-state index contributed by atoms with van der Waals surface area (Å²) < 4.78 is 21.6. The van der Waals surface area contributed by atoms with Gasteiger partial charge in [0.15, 0.2) is 0 Å². The lowest BCUT2D eigenvalue weighted by Crippen LogP contribution is -2.30. The minimum absolute atomic E-state index is 0.121. The Morgan fingerprint density at radius 1 is 1.40 bits per heavy atom. The molecule has 0 spiro atoms. The molecule has 4 N–H and O–H groups in total. The third-order valence-corrected chi connectivity index (χ3v) is 4.13. The van der Waals surface area contributed by atoms with Gasteiger partial charge in [0.2, 0.25) is 10.0 Å². The van der Waals surface area contributed by atoms with Crippen molar-refractivity contribution >= 4 is 15.9 Å². The van der Waals surface area contributed by atoms with E-state index in [1.54, 1.807) is 6.07 Å². The first-order valence-electron chi connectivity index (χ1n) is 6.57. The van der Waals surface area contributed by atoms with Crippen LogP contribution in [0.1, 0.15) is 27.9 Å². The molecule has 1 aromatic rings. The Labute approximate surface area is 118 Å². The van der Waals surface area contributed by atoms with Crippen LogP contribution in [0.3, 0.4) is 0 Å². The van der Waals surface area contributed by atoms with Crippen LogP contribution in [-0.2, 0) is 23.0 Å². The van der Waals surface area contributed by atoms with Crippen molar-refractivity contribution in [2.45, 2.75) is 19.4 Å². The van der Waals surface area contributed by atoms with Crippen molar-refractivity contribution < 1.29 is 13.2 Å². The number of carbonyl (C=O) groups is 1. The minimum Gasteiger partial charge on any atom is -0.352 e. The Kier molecular flexibility index (Phi) is 4.74. The molecule has 0 atom stereocenters. The summed E-state index contributed by atoms with van der Waals surface area (Å²) in [6.07, 6.45) is 1.15. The van der Waals surface area contributed by atoms with E-state index in [2.05, 4.69) is 10.6 Å². The van der Waals surface area contributed by atoms with E-state index in [1.165, 1.54) is 0 Å². The maximum Gasteiger partial charge on any atom is 0.251 e. The third kappa shape index (κ3) is 4.03. The molecule has 1 aliphatic heterocycles. The van der Waals surface area contributed by atoms with Crippen LogP contribution in [0.4, 0.5) is 0 Å². The van der Waals surface area contributed by atoms with Crippen molar-refractivity contribution in [1.29, 1.82) is 0 Å². The summed E-state index contributed by atoms with van der Waals surface area (Å²) in [6, 6.07) is 5.68. The standard InChI is InChI=1S/C13H19N3O3S/c14-20(18,19)8-2-6-16-13(17)12-4-1-3-10-9-15-7-5-11(10)12/h1,3-4,15H,2,5-9H2,(H,16,17)(H2,14,18,19). The van der Waals surface area contributed by atoms with Crippen LogP contribution < -0.4 is 15.8 Å². The van der Waals surface area contributed by atoms with E-state index in [4.69, 9.17) is 5.14 Å². The fraction of sp³-hybridized carbons (Fsp3) is 0.462. The van der Waals surface area contributed by atoms with Crippen LogP contribution in [0.15, 0.2) is 18.2 Å². The number of rotatable bonds is 5. The third-order valence-electron chi connectivity index (χ3n) is 3.28. The van der Waals surface area contributed by atoms with Gasteiger partial charge in [0.05, 0.1) is 5.75 Å². The lowest BCUT2D eigenvalue weighted by molar-refractivity contribution is 0.0952. The highest BCUT2D eigenvalue weighted by Gasteiger charge is 2.16. The van der Waals surface area contributed by atoms with E-state index in [9.17, 15) is 13.2 Å². The Hall–Kier alpha value is -1.44. The van der Waals surface area contributed by atoms with Crippen LogP contribution in [0.5, 0.6) is 0 Å². The van der Waals surface area contributed by atoms with Crippen molar-refractivity contribution in [1.82, 2.24) is 10.6 Å². The predicted molar refractivity (Wildman–Crippen MR) is 76.8 cm³/mol. The number of sulfonamides is 1. The van der Waals surface area contributed by atoms with Gasteiger partial charge >= 0.3 is 0 Å². The number of benzene rings is 1. The predicted octanol–water partition coefficient (Wildman–Crippen LogP) is -0.259. The molecule has 0 radical (unpaired) electrons. The lowest BCUT2D eigenvalue weighted by Gasteiger charge is -2.19. The Morgan fingerprint density at radius 2 is 2.20 bits per heavy atom. The highest BCUT2D eigenvalue weighted by atomic mass is 32.2. The van der Waals surface area contributed by atoms with Gasteiger partial charge in [0.1, 0.15) is 0 Å². The number of hydrogen-bond donors (Lipinski definition) is 3. The van der Waals surface area contributed by atoms with Crippen LogP contribution in [-0.4, -0.2) is 33.2 Å². The van der Waals surface area contributed by atoms with Gasteiger partial charge in [0.25, 0.3) is 5.91 Å². The van der Waals surface area contributed by atoms with Gasteiger partial charge in [0, 0.05) is 18.7 Å². The highest BCUT2D eigenvalue weighted by molar-refractivity contribution is 7.89. The zero-order valence-electron chi connectivity index (χ0n) is 11.2. The fourth-order valence-electron chi connectivity index (χ4n) is 2.32. The molecule has 1 heterocycles. The molecule has 0 unspecified atom stereocenters. The van der Waals surface area contributed by atoms with E-state index in [-0.39, 0.29) is 11.7 Å². The summed E-state index contributed by atoms with van der Waals surface area (Å²) in [7, 11) is -3.46. The summed E-state index contributed by atoms with van der Waals surface area (Å²) in [5.41, 5.74) is 2.91. The van der Waals surface area contributed by atoms with E-state index in [0.717, 1.165) is 30.6 Å². The largest absolute Gasteiger partial charge is 0.352 e. The zero-order chi connectivity index (χ0) is 14.6. The highest BCUT2D eigenvalue weighted by Crippen LogP contribution is 2.18. The van der Waals surface area contributed by atoms with Crippen LogP contribution in [0.2, 0.25) is 0 Å². The number of amides is 1. The minimum atomic E-state index is -3.46. The van der Waals surface area contributed by atoms with Crippen LogP contribution in [0.25, 0.3) is 0 Å². The number of hydrogen-bond acceptors (Lipinski definition) is 4. The van der Waals surface area contributed by atoms with Gasteiger partial charge in [-0.2, -0.15) is 0 Å². The number of fused-ring (bicyclic) bond motifs is 1. The molecule has 0 saturated heterocycles. The van der Waals surface area contributed by atoms with Crippen LogP contribution >= 0.6 is 0 Å². The molecule has 7 heteroatoms. The van der Waals surface area contributed by atoms with Gasteiger partial charge in [-0.25, -0.2) is 13.6 Å². The zero-order valence-corrected chi connectivity index (χ0v) is 12.0. The van der Waals surface area contributed by atoms with E-state index in [0.29, 0.717) is 18.5 Å². The van der Waals surface area contributed by atoms with Gasteiger partial charge in [-0.05, 0) is 36.6 Å². The van der Waals surface area contributed by atoms with E-state index in [1.807, 2.05) is 12.1 Å². The Balaban J connectivity index is 1.96.